The molecule has 1 aliphatic rings. The van der Waals surface area contributed by atoms with Gasteiger partial charge in [0.25, 0.3) is 0 Å². The van der Waals surface area contributed by atoms with Crippen molar-refractivity contribution in [3.05, 3.63) is 107 Å². The van der Waals surface area contributed by atoms with Gasteiger partial charge in [0.15, 0.2) is 11.6 Å². The van der Waals surface area contributed by atoms with Gasteiger partial charge in [-0.25, -0.2) is 15.0 Å². The summed E-state index contributed by atoms with van der Waals surface area (Å²) in [6.07, 6.45) is 5.24. The lowest BCUT2D eigenvalue weighted by atomic mass is 10.1. The van der Waals surface area contributed by atoms with Crippen LogP contribution in [0.4, 0.5) is 5.82 Å². The van der Waals surface area contributed by atoms with Crippen LogP contribution in [-0.2, 0) is 6.42 Å². The van der Waals surface area contributed by atoms with Crippen LogP contribution in [0.2, 0.25) is 0 Å². The molecule has 2 aromatic carbocycles. The molecule has 0 saturated heterocycles. The number of aryl methyl sites for hydroxylation is 1. The number of hydrogen-bond acceptors (Lipinski definition) is 9. The van der Waals surface area contributed by atoms with Gasteiger partial charge in [-0.3, -0.25) is 0 Å². The number of pyridine rings is 1. The van der Waals surface area contributed by atoms with Crippen molar-refractivity contribution in [1.29, 1.82) is 0 Å². The lowest BCUT2D eigenvalue weighted by Gasteiger charge is -2.27. The molecule has 0 bridgehead atoms. The van der Waals surface area contributed by atoms with Crippen molar-refractivity contribution in [3.63, 3.8) is 0 Å². The van der Waals surface area contributed by atoms with Gasteiger partial charge < -0.3 is 15.4 Å². The van der Waals surface area contributed by atoms with Crippen molar-refractivity contribution in [2.24, 2.45) is 5.73 Å². The lowest BCUT2D eigenvalue weighted by Crippen LogP contribution is -2.36. The van der Waals surface area contributed by atoms with E-state index in [1.54, 1.807) is 41.2 Å². The van der Waals surface area contributed by atoms with E-state index in [2.05, 4.69) is 44.5 Å². The van der Waals surface area contributed by atoms with E-state index in [4.69, 9.17) is 15.5 Å². The predicted octanol–water partition coefficient (Wildman–Crippen LogP) is 7.30. The third-order valence-electron chi connectivity index (χ3n) is 5.85. The molecule has 0 radical (unpaired) electrons. The number of fused-ring (bicyclic) bond motifs is 1. The number of nitrogens with zero attached hydrogens (tertiary/aromatic N) is 4. The molecule has 37 heavy (non-hydrogen) atoms. The van der Waals surface area contributed by atoms with Crippen molar-refractivity contribution >= 4 is 50.9 Å². The minimum atomic E-state index is -0.275. The van der Waals surface area contributed by atoms with Gasteiger partial charge in [-0.2, -0.15) is 0 Å². The van der Waals surface area contributed by atoms with Crippen molar-refractivity contribution in [1.82, 2.24) is 15.0 Å². The molecule has 1 atom stereocenters. The Kier molecular flexibility index (Phi) is 7.09. The van der Waals surface area contributed by atoms with Gasteiger partial charge in [0.1, 0.15) is 22.6 Å². The normalized spacial score (nSPS) is 15.2. The summed E-state index contributed by atoms with van der Waals surface area (Å²) in [5.74, 6) is 2.09. The number of hydrogen-bond donors (Lipinski definition) is 1. The zero-order chi connectivity index (χ0) is 25.0. The van der Waals surface area contributed by atoms with E-state index >= 15 is 0 Å². The lowest BCUT2D eigenvalue weighted by molar-refractivity contribution is 0.477. The van der Waals surface area contributed by atoms with Crippen molar-refractivity contribution in [2.75, 3.05) is 4.90 Å². The van der Waals surface area contributed by atoms with E-state index in [1.807, 2.05) is 60.1 Å². The Labute approximate surface area is 227 Å². The maximum atomic E-state index is 6.57. The number of allylic oxidation sites excluding steroid dienone is 1. The summed E-state index contributed by atoms with van der Waals surface area (Å²) in [6, 6.07) is 24.3. The number of thioether (sulfide) groups is 1. The molecule has 0 saturated carbocycles. The topological polar surface area (TPSA) is 77.2 Å². The number of thiophene rings is 1. The van der Waals surface area contributed by atoms with Gasteiger partial charge >= 0.3 is 0 Å². The second-order valence-electron chi connectivity index (χ2n) is 8.32. The van der Waals surface area contributed by atoms with Crippen LogP contribution in [0.1, 0.15) is 12.0 Å². The van der Waals surface area contributed by atoms with Crippen LogP contribution in [0, 0.1) is 0 Å². The number of ether oxygens (including phenoxy) is 1. The molecule has 0 aliphatic carbocycles. The summed E-state index contributed by atoms with van der Waals surface area (Å²) in [4.78, 5) is 16.8. The maximum Gasteiger partial charge on any atom is 0.178 e. The number of aromatic nitrogens is 3. The monoisotopic (exact) mass is 541 g/mol. The van der Waals surface area contributed by atoms with Crippen LogP contribution in [0.3, 0.4) is 0 Å². The van der Waals surface area contributed by atoms with Gasteiger partial charge in [-0.15, -0.1) is 11.3 Å². The summed E-state index contributed by atoms with van der Waals surface area (Å²) < 4.78 is 7.45. The first-order chi connectivity index (χ1) is 18.2. The first kappa shape index (κ1) is 24.0. The Hall–Kier alpha value is -3.37. The minimum Gasteiger partial charge on any atom is -0.453 e. The maximum absolute atomic E-state index is 6.57. The first-order valence-electron chi connectivity index (χ1n) is 11.8. The van der Waals surface area contributed by atoms with E-state index in [0.717, 1.165) is 44.4 Å². The number of nitrogens with two attached hydrogens (primary N) is 1. The molecular formula is C28H23N5OS3. The third-order valence-corrected chi connectivity index (χ3v) is 8.75. The van der Waals surface area contributed by atoms with E-state index in [-0.39, 0.29) is 5.50 Å². The molecular weight excluding hydrogens is 519 g/mol. The Morgan fingerprint density at radius 2 is 1.76 bits per heavy atom. The Bertz CT molecular complexity index is 1540. The molecule has 2 N–H and O–H groups in total. The smallest absolute Gasteiger partial charge is 0.178 e. The van der Waals surface area contributed by atoms with Gasteiger partial charge in [-0.05, 0) is 47.4 Å². The molecule has 0 amide bonds. The summed E-state index contributed by atoms with van der Waals surface area (Å²) in [5.41, 5.74) is 9.65. The van der Waals surface area contributed by atoms with E-state index < -0.39 is 0 Å². The highest BCUT2D eigenvalue weighted by Gasteiger charge is 2.29. The highest BCUT2D eigenvalue weighted by molar-refractivity contribution is 8.03. The fourth-order valence-corrected chi connectivity index (χ4v) is 6.75. The highest BCUT2D eigenvalue weighted by Crippen LogP contribution is 2.43. The number of anilines is 1. The third kappa shape index (κ3) is 5.35. The summed E-state index contributed by atoms with van der Waals surface area (Å²) in [5, 5.41) is 5.07. The van der Waals surface area contributed by atoms with Crippen LogP contribution in [0.15, 0.2) is 112 Å². The average molecular weight is 542 g/mol. The second kappa shape index (κ2) is 10.9. The quantitative estimate of drug-likeness (QED) is 0.205. The van der Waals surface area contributed by atoms with Gasteiger partial charge in [0, 0.05) is 22.9 Å². The fraction of sp³-hybridized carbons (Fsp3) is 0.107. The molecule has 5 aromatic rings. The van der Waals surface area contributed by atoms with Gasteiger partial charge in [-0.1, -0.05) is 72.1 Å². The van der Waals surface area contributed by atoms with Crippen molar-refractivity contribution < 1.29 is 4.74 Å². The molecule has 1 aliphatic heterocycles. The standard InChI is InChI=1S/C28H23N5OS3/c29-28-33(20(17-36-28)12-11-19-7-3-1-4-8-19)26-24(34-21-9-5-2-6-10-21)15-22(16-30-26)37-27-25-23(13-14-35-25)31-18-32-27/h1-10,13-18,28H,11-12,29H2. The van der Waals surface area contributed by atoms with Gasteiger partial charge in [0.2, 0.25) is 0 Å². The second-order valence-corrected chi connectivity index (χ2v) is 11.3. The SMILES string of the molecule is NC1SC=C(CCc2ccccc2)N1c1ncc(Sc2ncnc3ccsc23)cc1Oc1ccccc1. The average Bonchev–Trinajstić information content (AvgIpc) is 3.56. The van der Waals surface area contributed by atoms with E-state index in [0.29, 0.717) is 11.6 Å². The summed E-state index contributed by atoms with van der Waals surface area (Å²) >= 11 is 4.78. The Balaban J connectivity index is 1.33. The molecule has 184 valence electrons. The number of rotatable bonds is 8. The largest absolute Gasteiger partial charge is 0.453 e. The minimum absolute atomic E-state index is 0.275. The molecule has 6 nitrogen and oxygen atoms in total. The molecule has 6 rings (SSSR count). The molecule has 3 aromatic heterocycles. The number of para-hydroxylation sites is 1. The van der Waals surface area contributed by atoms with Crippen LogP contribution in [0.25, 0.3) is 10.2 Å². The Morgan fingerprint density at radius 3 is 2.59 bits per heavy atom. The number of benzene rings is 2. The zero-order valence-corrected chi connectivity index (χ0v) is 22.2. The molecule has 0 fully saturated rings. The van der Waals surface area contributed by atoms with Gasteiger partial charge in [0.05, 0.1) is 10.2 Å². The molecule has 1 unspecified atom stereocenters. The summed E-state index contributed by atoms with van der Waals surface area (Å²) in [6.45, 7) is 0. The Morgan fingerprint density at radius 1 is 0.946 bits per heavy atom. The van der Waals surface area contributed by atoms with Crippen LogP contribution >= 0.6 is 34.9 Å². The van der Waals surface area contributed by atoms with Crippen molar-refractivity contribution in [3.8, 4) is 11.5 Å². The first-order valence-corrected chi connectivity index (χ1v) is 14.4. The molecule has 9 heteroatoms. The van der Waals surface area contributed by atoms with E-state index in [1.165, 1.54) is 5.56 Å². The highest BCUT2D eigenvalue weighted by atomic mass is 32.2. The molecule has 4 heterocycles. The molecule has 0 spiro atoms. The zero-order valence-electron chi connectivity index (χ0n) is 19.7. The van der Waals surface area contributed by atoms with Crippen molar-refractivity contribution in [2.45, 2.75) is 28.3 Å². The van der Waals surface area contributed by atoms with Crippen LogP contribution in [0.5, 0.6) is 11.5 Å². The van der Waals surface area contributed by atoms with Crippen LogP contribution in [-0.4, -0.2) is 20.4 Å². The fourth-order valence-electron chi connectivity index (χ4n) is 4.08. The predicted molar refractivity (Wildman–Crippen MR) is 153 cm³/mol. The summed E-state index contributed by atoms with van der Waals surface area (Å²) in [7, 11) is 0. The van der Waals surface area contributed by atoms with Crippen LogP contribution < -0.4 is 15.4 Å². The van der Waals surface area contributed by atoms with E-state index in [9.17, 15) is 0 Å².